The Balaban J connectivity index is 1.73. The Labute approximate surface area is 182 Å². The number of anilines is 2. The van der Waals surface area contributed by atoms with Crippen molar-refractivity contribution in [3.8, 4) is 0 Å². The van der Waals surface area contributed by atoms with E-state index in [0.717, 1.165) is 0 Å². The lowest BCUT2D eigenvalue weighted by atomic mass is 9.97. The second-order valence-corrected chi connectivity index (χ2v) is 7.19. The van der Waals surface area contributed by atoms with E-state index in [1.807, 2.05) is 0 Å². The number of ether oxygens (including phenoxy) is 1. The van der Waals surface area contributed by atoms with Gasteiger partial charge < -0.3 is 9.64 Å². The van der Waals surface area contributed by atoms with Crippen LogP contribution in [0.1, 0.15) is 30.1 Å². The molecule has 1 saturated heterocycles. The van der Waals surface area contributed by atoms with Crippen LogP contribution in [0.4, 0.5) is 17.3 Å². The molecule has 1 aliphatic heterocycles. The minimum absolute atomic E-state index is 0.113. The maximum atomic E-state index is 12.3. The summed E-state index contributed by atoms with van der Waals surface area (Å²) < 4.78 is 5.05. The van der Waals surface area contributed by atoms with Crippen LogP contribution in [0.3, 0.4) is 0 Å². The van der Waals surface area contributed by atoms with Crippen molar-refractivity contribution in [2.75, 3.05) is 30.0 Å². The molecule has 1 amide bonds. The smallest absolute Gasteiger partial charge is 0.355 e. The van der Waals surface area contributed by atoms with E-state index in [-0.39, 0.29) is 34.8 Å². The SMILES string of the molecule is CCOC(=O)C1CCN(c2ncnc(NNC(=O)c3cccc(Cl)c3)c2[N+](=O)[O-])CC1. The van der Waals surface area contributed by atoms with Gasteiger partial charge in [0.25, 0.3) is 5.91 Å². The van der Waals surface area contributed by atoms with Crippen molar-refractivity contribution in [3.05, 3.63) is 51.3 Å². The third-order valence-electron chi connectivity index (χ3n) is 4.78. The van der Waals surface area contributed by atoms with Crippen LogP contribution in [-0.2, 0) is 9.53 Å². The van der Waals surface area contributed by atoms with Crippen LogP contribution in [0.2, 0.25) is 5.02 Å². The number of amides is 1. The predicted octanol–water partition coefficient (Wildman–Crippen LogP) is 2.57. The number of hydrogen-bond acceptors (Lipinski definition) is 9. The van der Waals surface area contributed by atoms with E-state index < -0.39 is 10.8 Å². The van der Waals surface area contributed by atoms with E-state index in [9.17, 15) is 19.7 Å². The topological polar surface area (TPSA) is 140 Å². The number of piperidine rings is 1. The number of benzene rings is 1. The van der Waals surface area contributed by atoms with Gasteiger partial charge in [-0.1, -0.05) is 17.7 Å². The number of nitrogens with zero attached hydrogens (tertiary/aromatic N) is 4. The van der Waals surface area contributed by atoms with Gasteiger partial charge in [-0.05, 0) is 38.0 Å². The van der Waals surface area contributed by atoms with E-state index in [2.05, 4.69) is 20.8 Å². The van der Waals surface area contributed by atoms with Gasteiger partial charge in [0.2, 0.25) is 11.6 Å². The lowest BCUT2D eigenvalue weighted by Crippen LogP contribution is -2.38. The Morgan fingerprint density at radius 1 is 1.32 bits per heavy atom. The van der Waals surface area contributed by atoms with Gasteiger partial charge in [0, 0.05) is 23.7 Å². The molecule has 3 rings (SSSR count). The average molecular weight is 449 g/mol. The summed E-state index contributed by atoms with van der Waals surface area (Å²) in [7, 11) is 0. The average Bonchev–Trinajstić information content (AvgIpc) is 2.77. The number of esters is 1. The van der Waals surface area contributed by atoms with Crippen molar-refractivity contribution in [1.82, 2.24) is 15.4 Å². The Bertz CT molecular complexity index is 980. The van der Waals surface area contributed by atoms with Crippen LogP contribution in [0.15, 0.2) is 30.6 Å². The zero-order valence-electron chi connectivity index (χ0n) is 16.7. The van der Waals surface area contributed by atoms with E-state index in [1.54, 1.807) is 30.0 Å². The van der Waals surface area contributed by atoms with Crippen LogP contribution in [0.5, 0.6) is 0 Å². The van der Waals surface area contributed by atoms with Crippen LogP contribution in [0.25, 0.3) is 0 Å². The summed E-state index contributed by atoms with van der Waals surface area (Å²) in [4.78, 5) is 45.1. The maximum absolute atomic E-state index is 12.3. The third kappa shape index (κ3) is 5.37. The molecule has 1 aromatic carbocycles. The molecular weight excluding hydrogens is 428 g/mol. The molecule has 0 saturated carbocycles. The first-order valence-electron chi connectivity index (χ1n) is 9.63. The van der Waals surface area contributed by atoms with Crippen LogP contribution < -0.4 is 15.8 Å². The van der Waals surface area contributed by atoms with Crippen LogP contribution >= 0.6 is 11.6 Å². The van der Waals surface area contributed by atoms with Gasteiger partial charge in [-0.25, -0.2) is 9.97 Å². The number of halogens is 1. The van der Waals surface area contributed by atoms with Crippen molar-refractivity contribution in [2.24, 2.45) is 5.92 Å². The molecule has 31 heavy (non-hydrogen) atoms. The van der Waals surface area contributed by atoms with Gasteiger partial charge in [-0.3, -0.25) is 30.6 Å². The number of nitro groups is 1. The number of hydrazine groups is 1. The fraction of sp³-hybridized carbons (Fsp3) is 0.368. The third-order valence-corrected chi connectivity index (χ3v) is 5.02. The van der Waals surface area contributed by atoms with E-state index >= 15 is 0 Å². The first-order chi connectivity index (χ1) is 14.9. The van der Waals surface area contributed by atoms with Crippen LogP contribution in [0, 0.1) is 16.0 Å². The number of nitrogens with one attached hydrogen (secondary N) is 2. The minimum atomic E-state index is -0.610. The lowest BCUT2D eigenvalue weighted by molar-refractivity contribution is -0.383. The number of carbonyl (C=O) groups is 2. The van der Waals surface area contributed by atoms with Gasteiger partial charge >= 0.3 is 11.7 Å². The summed E-state index contributed by atoms with van der Waals surface area (Å²) in [6.07, 6.45) is 2.16. The second-order valence-electron chi connectivity index (χ2n) is 6.75. The maximum Gasteiger partial charge on any atom is 0.355 e. The molecular formula is C19H21ClN6O5. The molecule has 1 aromatic heterocycles. The molecule has 0 radical (unpaired) electrons. The van der Waals surface area contributed by atoms with Crippen molar-refractivity contribution < 1.29 is 19.2 Å². The lowest BCUT2D eigenvalue weighted by Gasteiger charge is -2.31. The van der Waals surface area contributed by atoms with Gasteiger partial charge in [0.1, 0.15) is 6.33 Å². The number of carbonyl (C=O) groups excluding carboxylic acids is 2. The first-order valence-corrected chi connectivity index (χ1v) is 10.0. The van der Waals surface area contributed by atoms with E-state index in [0.29, 0.717) is 37.6 Å². The normalized spacial score (nSPS) is 14.1. The molecule has 0 aliphatic carbocycles. The number of aromatic nitrogens is 2. The summed E-state index contributed by atoms with van der Waals surface area (Å²) in [5.74, 6) is -1.08. The molecule has 0 unspecified atom stereocenters. The first kappa shape index (κ1) is 22.2. The standard InChI is InChI=1S/C19H21ClN6O5/c1-2-31-19(28)12-6-8-25(9-7-12)17-15(26(29)30)16(21-11-22-17)23-24-18(27)13-4-3-5-14(20)10-13/h3-5,10-12H,2,6-9H2,1H3,(H,24,27)(H,21,22,23). The summed E-state index contributed by atoms with van der Waals surface area (Å²) in [6.45, 7) is 2.86. The number of hydrogen-bond donors (Lipinski definition) is 2. The zero-order chi connectivity index (χ0) is 22.4. The fourth-order valence-corrected chi connectivity index (χ4v) is 3.46. The second kappa shape index (κ2) is 10.0. The van der Waals surface area contributed by atoms with E-state index in [4.69, 9.17) is 16.3 Å². The molecule has 12 heteroatoms. The Hall–Kier alpha value is -3.47. The molecule has 164 valence electrons. The predicted molar refractivity (Wildman–Crippen MR) is 113 cm³/mol. The molecule has 0 atom stereocenters. The van der Waals surface area contributed by atoms with Crippen molar-refractivity contribution in [1.29, 1.82) is 0 Å². The molecule has 0 spiro atoms. The molecule has 0 bridgehead atoms. The highest BCUT2D eigenvalue weighted by atomic mass is 35.5. The van der Waals surface area contributed by atoms with Gasteiger partial charge in [-0.2, -0.15) is 0 Å². The van der Waals surface area contributed by atoms with Crippen molar-refractivity contribution in [2.45, 2.75) is 19.8 Å². The summed E-state index contributed by atoms with van der Waals surface area (Å²) in [5, 5.41) is 12.1. The Morgan fingerprint density at radius 3 is 2.71 bits per heavy atom. The van der Waals surface area contributed by atoms with Gasteiger partial charge in [0.05, 0.1) is 17.4 Å². The highest BCUT2D eigenvalue weighted by molar-refractivity contribution is 6.30. The Kier molecular flexibility index (Phi) is 7.19. The minimum Gasteiger partial charge on any atom is -0.466 e. The molecule has 1 aliphatic rings. The Morgan fingerprint density at radius 2 is 2.06 bits per heavy atom. The molecule has 1 fully saturated rings. The van der Waals surface area contributed by atoms with Crippen molar-refractivity contribution in [3.63, 3.8) is 0 Å². The highest BCUT2D eigenvalue weighted by Gasteiger charge is 2.32. The largest absolute Gasteiger partial charge is 0.466 e. The quantitative estimate of drug-likeness (QED) is 0.371. The highest BCUT2D eigenvalue weighted by Crippen LogP contribution is 2.34. The van der Waals surface area contributed by atoms with Gasteiger partial charge in [-0.15, -0.1) is 0 Å². The zero-order valence-corrected chi connectivity index (χ0v) is 17.5. The summed E-state index contributed by atoms with van der Waals surface area (Å²) in [5.41, 5.74) is 4.79. The van der Waals surface area contributed by atoms with Crippen molar-refractivity contribution >= 4 is 40.8 Å². The number of rotatable bonds is 7. The molecule has 2 heterocycles. The molecule has 2 aromatic rings. The molecule has 2 N–H and O–H groups in total. The van der Waals surface area contributed by atoms with E-state index in [1.165, 1.54) is 12.4 Å². The molecule has 11 nitrogen and oxygen atoms in total. The summed E-state index contributed by atoms with van der Waals surface area (Å²) >= 11 is 5.88. The van der Waals surface area contributed by atoms with Gasteiger partial charge in [0.15, 0.2) is 0 Å². The summed E-state index contributed by atoms with van der Waals surface area (Å²) in [6, 6.07) is 6.25. The van der Waals surface area contributed by atoms with Crippen LogP contribution in [-0.4, -0.2) is 46.5 Å². The monoisotopic (exact) mass is 448 g/mol. The fourth-order valence-electron chi connectivity index (χ4n) is 3.27.